The van der Waals surface area contributed by atoms with Crippen molar-refractivity contribution in [1.82, 2.24) is 9.78 Å². The van der Waals surface area contributed by atoms with Crippen LogP contribution >= 0.6 is 0 Å². The lowest BCUT2D eigenvalue weighted by Gasteiger charge is -2.15. The van der Waals surface area contributed by atoms with Crippen molar-refractivity contribution >= 4 is 0 Å². The highest BCUT2D eigenvalue weighted by molar-refractivity contribution is 5.72. The zero-order valence-electron chi connectivity index (χ0n) is 12.1. The fourth-order valence-electron chi connectivity index (χ4n) is 2.22. The molecule has 0 unspecified atom stereocenters. The minimum Gasteiger partial charge on any atom is -0.505 e. The summed E-state index contributed by atoms with van der Waals surface area (Å²) < 4.78 is 38.2. The molecule has 7 heteroatoms. The van der Waals surface area contributed by atoms with Gasteiger partial charge in [0.1, 0.15) is 12.2 Å². The van der Waals surface area contributed by atoms with E-state index < -0.39 is 18.3 Å². The van der Waals surface area contributed by atoms with Gasteiger partial charge in [-0.1, -0.05) is 31.2 Å². The van der Waals surface area contributed by atoms with E-state index in [9.17, 15) is 23.1 Å². The van der Waals surface area contributed by atoms with Gasteiger partial charge in [0.2, 0.25) is 0 Å². The molecule has 0 aliphatic carbocycles. The third kappa shape index (κ3) is 3.13. The second-order valence-electron chi connectivity index (χ2n) is 4.92. The Bertz CT molecular complexity index is 751. The van der Waals surface area contributed by atoms with Crippen LogP contribution in [0.25, 0.3) is 11.1 Å². The predicted octanol–water partition coefficient (Wildman–Crippen LogP) is 3.05. The van der Waals surface area contributed by atoms with Crippen LogP contribution in [0.1, 0.15) is 18.2 Å². The second kappa shape index (κ2) is 5.82. The van der Waals surface area contributed by atoms with E-state index in [1.165, 1.54) is 0 Å². The summed E-state index contributed by atoms with van der Waals surface area (Å²) in [5, 5.41) is 13.8. The number of aromatic nitrogens is 2. The number of hydrogen-bond acceptors (Lipinski definition) is 3. The average Bonchev–Trinajstić information content (AvgIpc) is 2.43. The van der Waals surface area contributed by atoms with Crippen molar-refractivity contribution in [2.24, 2.45) is 0 Å². The zero-order valence-corrected chi connectivity index (χ0v) is 12.1. The maximum Gasteiger partial charge on any atom is 0.408 e. The van der Waals surface area contributed by atoms with E-state index in [0.29, 0.717) is 15.8 Å². The van der Waals surface area contributed by atoms with E-state index >= 15 is 0 Å². The standard InChI is InChI=1S/C15H15F3N2O2/c1-3-11-13(21)12(10-7-5-4-6-9(10)2)14(22)20(19-11)8-15(16,17)18/h4-7,21H,3,8H2,1-2H3. The van der Waals surface area contributed by atoms with Gasteiger partial charge < -0.3 is 5.11 Å². The van der Waals surface area contributed by atoms with Crippen molar-refractivity contribution in [3.63, 3.8) is 0 Å². The largest absolute Gasteiger partial charge is 0.505 e. The molecule has 118 valence electrons. The Morgan fingerprint density at radius 3 is 2.45 bits per heavy atom. The maximum absolute atomic E-state index is 12.6. The second-order valence-corrected chi connectivity index (χ2v) is 4.92. The van der Waals surface area contributed by atoms with Gasteiger partial charge in [0, 0.05) is 0 Å². The highest BCUT2D eigenvalue weighted by Crippen LogP contribution is 2.30. The number of aromatic hydroxyl groups is 1. The summed E-state index contributed by atoms with van der Waals surface area (Å²) in [6, 6.07) is 6.70. The summed E-state index contributed by atoms with van der Waals surface area (Å²) in [6.45, 7) is 1.87. The Labute approximate surface area is 124 Å². The molecule has 1 aromatic carbocycles. The molecule has 0 radical (unpaired) electrons. The number of halogens is 3. The molecule has 2 aromatic rings. The van der Waals surface area contributed by atoms with E-state index in [-0.39, 0.29) is 23.4 Å². The van der Waals surface area contributed by atoms with E-state index in [0.717, 1.165) is 0 Å². The molecule has 4 nitrogen and oxygen atoms in total. The Balaban J connectivity index is 2.75. The van der Waals surface area contributed by atoms with Crippen LogP contribution in [-0.4, -0.2) is 21.1 Å². The molecule has 0 amide bonds. The van der Waals surface area contributed by atoms with Gasteiger partial charge in [-0.15, -0.1) is 0 Å². The van der Waals surface area contributed by atoms with Crippen LogP contribution in [0.15, 0.2) is 29.1 Å². The van der Waals surface area contributed by atoms with Crippen molar-refractivity contribution in [2.45, 2.75) is 33.0 Å². The summed E-state index contributed by atoms with van der Waals surface area (Å²) in [7, 11) is 0. The first-order valence-corrected chi connectivity index (χ1v) is 6.70. The molecular weight excluding hydrogens is 297 g/mol. The molecule has 1 heterocycles. The van der Waals surface area contributed by atoms with Crippen LogP contribution < -0.4 is 5.56 Å². The zero-order chi connectivity index (χ0) is 16.5. The van der Waals surface area contributed by atoms with E-state index in [2.05, 4.69) is 5.10 Å². The molecule has 0 spiro atoms. The molecular formula is C15H15F3N2O2. The Morgan fingerprint density at radius 2 is 1.91 bits per heavy atom. The number of alkyl halides is 3. The van der Waals surface area contributed by atoms with E-state index in [4.69, 9.17) is 0 Å². The summed E-state index contributed by atoms with van der Waals surface area (Å²) in [5.41, 5.74) is 0.0392. The topological polar surface area (TPSA) is 55.1 Å². The molecule has 0 aliphatic heterocycles. The number of benzene rings is 1. The van der Waals surface area contributed by atoms with Crippen molar-refractivity contribution in [3.05, 3.63) is 45.9 Å². The first-order chi connectivity index (χ1) is 10.2. The lowest BCUT2D eigenvalue weighted by atomic mass is 10.0. The lowest BCUT2D eigenvalue weighted by molar-refractivity contribution is -0.143. The third-order valence-corrected chi connectivity index (χ3v) is 3.28. The predicted molar refractivity (Wildman–Crippen MR) is 75.8 cm³/mol. The van der Waals surface area contributed by atoms with Gasteiger partial charge in [-0.05, 0) is 24.5 Å². The number of rotatable bonds is 3. The Kier molecular flexibility index (Phi) is 4.25. The van der Waals surface area contributed by atoms with Crippen LogP contribution in [0.2, 0.25) is 0 Å². The molecule has 1 N–H and O–H groups in total. The van der Waals surface area contributed by atoms with Crippen LogP contribution in [0.5, 0.6) is 5.75 Å². The van der Waals surface area contributed by atoms with Gasteiger partial charge in [0.15, 0.2) is 5.75 Å². The quantitative estimate of drug-likeness (QED) is 0.947. The van der Waals surface area contributed by atoms with Gasteiger partial charge in [-0.25, -0.2) is 4.68 Å². The highest BCUT2D eigenvalue weighted by Gasteiger charge is 2.31. The summed E-state index contributed by atoms with van der Waals surface area (Å²) in [6.07, 6.45) is -4.36. The van der Waals surface area contributed by atoms with Gasteiger partial charge in [-0.3, -0.25) is 4.79 Å². The van der Waals surface area contributed by atoms with E-state index in [1.807, 2.05) is 0 Å². The summed E-state index contributed by atoms with van der Waals surface area (Å²) >= 11 is 0. The SMILES string of the molecule is CCc1nn(CC(F)(F)F)c(=O)c(-c2ccccc2C)c1O. The highest BCUT2D eigenvalue weighted by atomic mass is 19.4. The van der Waals surface area contributed by atoms with E-state index in [1.54, 1.807) is 38.1 Å². The number of nitrogens with zero attached hydrogens (tertiary/aromatic N) is 2. The van der Waals surface area contributed by atoms with Gasteiger partial charge >= 0.3 is 6.18 Å². The maximum atomic E-state index is 12.6. The molecule has 1 aromatic heterocycles. The minimum atomic E-state index is -4.57. The minimum absolute atomic E-state index is 0.0575. The first kappa shape index (κ1) is 16.1. The van der Waals surface area contributed by atoms with Crippen LogP contribution in [-0.2, 0) is 13.0 Å². The van der Waals surface area contributed by atoms with Crippen molar-refractivity contribution < 1.29 is 18.3 Å². The molecule has 0 fully saturated rings. The molecule has 2 rings (SSSR count). The monoisotopic (exact) mass is 312 g/mol. The average molecular weight is 312 g/mol. The molecule has 0 atom stereocenters. The fraction of sp³-hybridized carbons (Fsp3) is 0.333. The van der Waals surface area contributed by atoms with Crippen molar-refractivity contribution in [3.8, 4) is 16.9 Å². The summed E-state index contributed by atoms with van der Waals surface area (Å²) in [4.78, 5) is 12.3. The molecule has 0 saturated carbocycles. The van der Waals surface area contributed by atoms with Crippen molar-refractivity contribution in [1.29, 1.82) is 0 Å². The molecule has 22 heavy (non-hydrogen) atoms. The normalized spacial score (nSPS) is 11.7. The molecule has 0 aliphatic rings. The Morgan fingerprint density at radius 1 is 1.27 bits per heavy atom. The Hall–Kier alpha value is -2.31. The lowest BCUT2D eigenvalue weighted by Crippen LogP contribution is -2.32. The van der Waals surface area contributed by atoms with Crippen molar-refractivity contribution in [2.75, 3.05) is 0 Å². The first-order valence-electron chi connectivity index (χ1n) is 6.70. The fourth-order valence-corrected chi connectivity index (χ4v) is 2.22. The molecule has 0 bridgehead atoms. The summed E-state index contributed by atoms with van der Waals surface area (Å²) in [5.74, 6) is -0.361. The van der Waals surface area contributed by atoms with Gasteiger partial charge in [0.05, 0.1) is 5.56 Å². The van der Waals surface area contributed by atoms with Crippen LogP contribution in [0.3, 0.4) is 0 Å². The van der Waals surface area contributed by atoms with Crippen LogP contribution in [0, 0.1) is 6.92 Å². The number of aryl methyl sites for hydroxylation is 2. The molecule has 0 saturated heterocycles. The third-order valence-electron chi connectivity index (χ3n) is 3.28. The number of hydrogen-bond donors (Lipinski definition) is 1. The van der Waals surface area contributed by atoms with Crippen LogP contribution in [0.4, 0.5) is 13.2 Å². The smallest absolute Gasteiger partial charge is 0.408 e. The van der Waals surface area contributed by atoms with Gasteiger partial charge in [0.25, 0.3) is 5.56 Å². The van der Waals surface area contributed by atoms with Gasteiger partial charge in [-0.2, -0.15) is 18.3 Å².